The Labute approximate surface area is 204 Å². The van der Waals surface area contributed by atoms with Crippen LogP contribution in [0.3, 0.4) is 0 Å². The summed E-state index contributed by atoms with van der Waals surface area (Å²) in [6, 6.07) is 14.6. The summed E-state index contributed by atoms with van der Waals surface area (Å²) in [5, 5.41) is 0. The van der Waals surface area contributed by atoms with E-state index < -0.39 is 0 Å². The SMILES string of the molecule is CC(C)Cc1ccc(C(C)C(=O)Oc2ccc3c(c2)CC[C@@H]2[C@@H]3CC[C@]3(C)C(=O)CC[C@@H]23)cc1. The number of rotatable bonds is 5. The Kier molecular flexibility index (Phi) is 6.16. The monoisotopic (exact) mass is 458 g/mol. The summed E-state index contributed by atoms with van der Waals surface area (Å²) in [5.74, 6) is 2.96. The number of esters is 1. The minimum absolute atomic E-state index is 0.0860. The topological polar surface area (TPSA) is 43.4 Å². The van der Waals surface area contributed by atoms with Gasteiger partial charge >= 0.3 is 5.97 Å². The highest BCUT2D eigenvalue weighted by Gasteiger charge is 2.54. The van der Waals surface area contributed by atoms with Gasteiger partial charge in [-0.1, -0.05) is 51.1 Å². The fraction of sp³-hybridized carbons (Fsp3) is 0.548. The lowest BCUT2D eigenvalue weighted by Crippen LogP contribution is -2.42. The van der Waals surface area contributed by atoms with Crippen LogP contribution in [0.4, 0.5) is 0 Å². The summed E-state index contributed by atoms with van der Waals surface area (Å²) in [7, 11) is 0. The highest BCUT2D eigenvalue weighted by atomic mass is 16.5. The van der Waals surface area contributed by atoms with Gasteiger partial charge in [-0.3, -0.25) is 9.59 Å². The average molecular weight is 459 g/mol. The Balaban J connectivity index is 1.27. The maximum atomic E-state index is 12.9. The van der Waals surface area contributed by atoms with Gasteiger partial charge in [0.15, 0.2) is 0 Å². The molecule has 3 nitrogen and oxygen atoms in total. The van der Waals surface area contributed by atoms with Crippen molar-refractivity contribution in [2.75, 3.05) is 0 Å². The van der Waals surface area contributed by atoms with Crippen LogP contribution >= 0.6 is 0 Å². The maximum Gasteiger partial charge on any atom is 0.318 e. The molecule has 3 heteroatoms. The molecule has 34 heavy (non-hydrogen) atoms. The molecule has 2 saturated carbocycles. The zero-order chi connectivity index (χ0) is 24.0. The van der Waals surface area contributed by atoms with Crippen LogP contribution in [0.2, 0.25) is 0 Å². The van der Waals surface area contributed by atoms with Crippen molar-refractivity contribution in [1.82, 2.24) is 0 Å². The predicted molar refractivity (Wildman–Crippen MR) is 135 cm³/mol. The summed E-state index contributed by atoms with van der Waals surface area (Å²) in [5.41, 5.74) is 4.96. The Morgan fingerprint density at radius 1 is 1.03 bits per heavy atom. The van der Waals surface area contributed by atoms with Crippen molar-refractivity contribution in [3.8, 4) is 5.75 Å². The minimum Gasteiger partial charge on any atom is -0.426 e. The molecule has 3 aliphatic rings. The van der Waals surface area contributed by atoms with Gasteiger partial charge < -0.3 is 4.74 Å². The van der Waals surface area contributed by atoms with Gasteiger partial charge in [-0.15, -0.1) is 0 Å². The molecular weight excluding hydrogens is 420 g/mol. The molecular formula is C31H38O3. The van der Waals surface area contributed by atoms with Gasteiger partial charge in [0.25, 0.3) is 0 Å². The van der Waals surface area contributed by atoms with Gasteiger partial charge in [0.1, 0.15) is 11.5 Å². The van der Waals surface area contributed by atoms with E-state index in [1.54, 1.807) is 0 Å². The third-order valence-corrected chi connectivity index (χ3v) is 9.10. The Morgan fingerprint density at radius 2 is 1.79 bits per heavy atom. The van der Waals surface area contributed by atoms with Crippen LogP contribution in [0.25, 0.3) is 0 Å². The number of carbonyl (C=O) groups excluding carboxylic acids is 2. The zero-order valence-corrected chi connectivity index (χ0v) is 21.1. The van der Waals surface area contributed by atoms with Crippen molar-refractivity contribution in [2.24, 2.45) is 23.2 Å². The van der Waals surface area contributed by atoms with Gasteiger partial charge in [-0.2, -0.15) is 0 Å². The molecule has 0 aliphatic heterocycles. The molecule has 3 aliphatic carbocycles. The van der Waals surface area contributed by atoms with Crippen molar-refractivity contribution in [1.29, 1.82) is 0 Å². The number of hydrogen-bond donors (Lipinski definition) is 0. The van der Waals surface area contributed by atoms with E-state index in [2.05, 4.69) is 57.2 Å². The van der Waals surface area contributed by atoms with Crippen molar-refractivity contribution >= 4 is 11.8 Å². The summed E-state index contributed by atoms with van der Waals surface area (Å²) < 4.78 is 5.84. The smallest absolute Gasteiger partial charge is 0.318 e. The first-order chi connectivity index (χ1) is 16.3. The molecule has 0 bridgehead atoms. The van der Waals surface area contributed by atoms with E-state index in [-0.39, 0.29) is 17.3 Å². The number of ketones is 1. The highest BCUT2D eigenvalue weighted by Crippen LogP contribution is 2.59. The average Bonchev–Trinajstić information content (AvgIpc) is 3.13. The fourth-order valence-electron chi connectivity index (χ4n) is 7.15. The van der Waals surface area contributed by atoms with Crippen LogP contribution in [-0.2, 0) is 22.4 Å². The second-order valence-corrected chi connectivity index (χ2v) is 11.7. The molecule has 2 aromatic carbocycles. The van der Waals surface area contributed by atoms with Gasteiger partial charge in [0.05, 0.1) is 5.92 Å². The van der Waals surface area contributed by atoms with E-state index in [0.717, 1.165) is 50.5 Å². The largest absolute Gasteiger partial charge is 0.426 e. The molecule has 5 atom stereocenters. The molecule has 2 aromatic rings. The lowest BCUT2D eigenvalue weighted by Gasteiger charge is -2.48. The first kappa shape index (κ1) is 23.3. The lowest BCUT2D eigenvalue weighted by molar-refractivity contribution is -0.135. The van der Waals surface area contributed by atoms with Gasteiger partial charge in [0, 0.05) is 11.8 Å². The molecule has 0 heterocycles. The van der Waals surface area contributed by atoms with E-state index in [1.807, 2.05) is 13.0 Å². The lowest BCUT2D eigenvalue weighted by atomic mass is 9.55. The number of carbonyl (C=O) groups is 2. The second-order valence-electron chi connectivity index (χ2n) is 11.7. The van der Waals surface area contributed by atoms with Crippen LogP contribution in [-0.4, -0.2) is 11.8 Å². The molecule has 0 spiro atoms. The second kappa shape index (κ2) is 8.98. The minimum atomic E-state index is -0.301. The van der Waals surface area contributed by atoms with Gasteiger partial charge in [-0.25, -0.2) is 0 Å². The van der Waals surface area contributed by atoms with Crippen LogP contribution in [0.1, 0.15) is 93.9 Å². The Bertz CT molecular complexity index is 1080. The summed E-state index contributed by atoms with van der Waals surface area (Å²) in [4.78, 5) is 25.5. The molecule has 0 amide bonds. The van der Waals surface area contributed by atoms with Crippen molar-refractivity contribution in [3.05, 3.63) is 64.7 Å². The highest BCUT2D eigenvalue weighted by molar-refractivity contribution is 5.87. The molecule has 0 radical (unpaired) electrons. The van der Waals surface area contributed by atoms with Gasteiger partial charge in [0.2, 0.25) is 0 Å². The summed E-state index contributed by atoms with van der Waals surface area (Å²) >= 11 is 0. The van der Waals surface area contributed by atoms with E-state index >= 15 is 0 Å². The van der Waals surface area contributed by atoms with Crippen molar-refractivity contribution in [3.63, 3.8) is 0 Å². The zero-order valence-electron chi connectivity index (χ0n) is 21.1. The van der Waals surface area contributed by atoms with E-state index in [4.69, 9.17) is 4.74 Å². The summed E-state index contributed by atoms with van der Waals surface area (Å²) in [6.45, 7) is 8.58. The molecule has 180 valence electrons. The van der Waals surface area contributed by atoms with Crippen LogP contribution in [0.15, 0.2) is 42.5 Å². The standard InChI is InChI=1S/C31H38O3/c1-19(2)17-21-5-7-22(8-6-21)20(3)30(33)34-24-10-12-25-23(18-24)9-11-27-26(25)15-16-31(4)28(27)13-14-29(31)32/h5-8,10,12,18-20,26-28H,9,11,13-17H2,1-4H3/t20?,26-,27-,28+,31+/m1/s1. The third-order valence-electron chi connectivity index (χ3n) is 9.10. The summed E-state index contributed by atoms with van der Waals surface area (Å²) in [6.07, 6.45) is 7.15. The molecule has 2 fully saturated rings. The maximum absolute atomic E-state index is 12.9. The normalized spacial score (nSPS) is 28.7. The Morgan fingerprint density at radius 3 is 2.53 bits per heavy atom. The van der Waals surface area contributed by atoms with Crippen LogP contribution in [0, 0.1) is 23.2 Å². The number of hydrogen-bond acceptors (Lipinski definition) is 3. The molecule has 0 aromatic heterocycles. The predicted octanol–water partition coefficient (Wildman–Crippen LogP) is 7.02. The van der Waals surface area contributed by atoms with E-state index in [0.29, 0.717) is 35.2 Å². The first-order valence-corrected chi connectivity index (χ1v) is 13.2. The number of benzene rings is 2. The van der Waals surface area contributed by atoms with Gasteiger partial charge in [-0.05, 0) is 104 Å². The number of Topliss-reactive ketones (excluding diaryl/α,β-unsaturated/α-hetero) is 1. The van der Waals surface area contributed by atoms with Crippen molar-refractivity contribution < 1.29 is 14.3 Å². The number of aryl methyl sites for hydroxylation is 1. The van der Waals surface area contributed by atoms with E-state index in [9.17, 15) is 9.59 Å². The molecule has 0 N–H and O–H groups in total. The number of fused-ring (bicyclic) bond motifs is 5. The third kappa shape index (κ3) is 4.12. The van der Waals surface area contributed by atoms with Crippen LogP contribution < -0.4 is 4.74 Å². The fourth-order valence-corrected chi connectivity index (χ4v) is 7.15. The Hall–Kier alpha value is -2.42. The number of ether oxygens (including phenoxy) is 1. The van der Waals surface area contributed by atoms with Crippen LogP contribution in [0.5, 0.6) is 5.75 Å². The first-order valence-electron chi connectivity index (χ1n) is 13.2. The molecule has 0 saturated heterocycles. The quantitative estimate of drug-likeness (QED) is 0.357. The molecule has 5 rings (SSSR count). The van der Waals surface area contributed by atoms with E-state index in [1.165, 1.54) is 16.7 Å². The molecule has 1 unspecified atom stereocenters. The van der Waals surface area contributed by atoms with Crippen molar-refractivity contribution in [2.45, 2.75) is 84.5 Å².